The van der Waals surface area contributed by atoms with Crippen molar-refractivity contribution in [2.24, 2.45) is 7.05 Å². The number of hydrogen-bond donors (Lipinski definition) is 1. The first-order chi connectivity index (χ1) is 10.5. The van der Waals surface area contributed by atoms with Crippen LogP contribution in [-0.2, 0) is 16.6 Å². The van der Waals surface area contributed by atoms with Gasteiger partial charge in [-0.25, -0.2) is 9.48 Å². The van der Waals surface area contributed by atoms with Crippen LogP contribution in [0.1, 0.15) is 15.9 Å². The van der Waals surface area contributed by atoms with E-state index in [1.165, 1.54) is 23.6 Å². The summed E-state index contributed by atoms with van der Waals surface area (Å²) in [6, 6.07) is 4.99. The Kier molecular flexibility index (Phi) is 5.10. The summed E-state index contributed by atoms with van der Waals surface area (Å²) >= 11 is 1.23. The normalized spacial score (nSPS) is 10.3. The van der Waals surface area contributed by atoms with Gasteiger partial charge >= 0.3 is 5.97 Å². The minimum atomic E-state index is -0.449. The molecular formula is C13H15N5O3S. The van der Waals surface area contributed by atoms with E-state index in [1.54, 1.807) is 25.2 Å². The Balaban J connectivity index is 2.01. The van der Waals surface area contributed by atoms with Crippen molar-refractivity contribution >= 4 is 29.3 Å². The second-order valence-corrected chi connectivity index (χ2v) is 5.39. The number of aryl methyl sites for hydroxylation is 2. The van der Waals surface area contributed by atoms with E-state index in [2.05, 4.69) is 25.6 Å². The van der Waals surface area contributed by atoms with Gasteiger partial charge in [-0.2, -0.15) is 0 Å². The van der Waals surface area contributed by atoms with Gasteiger partial charge in [-0.05, 0) is 35.0 Å². The molecule has 9 heteroatoms. The molecule has 0 aliphatic rings. The SMILES string of the molecule is COC(=O)c1ccc(C)c(NC(=O)CSc2nnnn2C)c1. The van der Waals surface area contributed by atoms with Gasteiger partial charge < -0.3 is 10.1 Å². The van der Waals surface area contributed by atoms with Crippen LogP contribution >= 0.6 is 11.8 Å². The molecule has 1 N–H and O–H groups in total. The molecule has 1 aromatic carbocycles. The van der Waals surface area contributed by atoms with E-state index < -0.39 is 5.97 Å². The van der Waals surface area contributed by atoms with Crippen LogP contribution < -0.4 is 5.32 Å². The Bertz CT molecular complexity index is 701. The van der Waals surface area contributed by atoms with Gasteiger partial charge in [-0.15, -0.1) is 5.10 Å². The van der Waals surface area contributed by atoms with Gasteiger partial charge in [0, 0.05) is 12.7 Å². The number of ether oxygens (including phenoxy) is 1. The minimum Gasteiger partial charge on any atom is -0.465 e. The topological polar surface area (TPSA) is 99.0 Å². The molecule has 2 aromatic rings. The monoisotopic (exact) mass is 321 g/mol. The van der Waals surface area contributed by atoms with E-state index in [1.807, 2.05) is 6.92 Å². The maximum atomic E-state index is 12.0. The maximum Gasteiger partial charge on any atom is 0.337 e. The maximum absolute atomic E-state index is 12.0. The number of thioether (sulfide) groups is 1. The van der Waals surface area contributed by atoms with Crippen LogP contribution in [0.4, 0.5) is 5.69 Å². The van der Waals surface area contributed by atoms with Crippen molar-refractivity contribution in [1.29, 1.82) is 0 Å². The van der Waals surface area contributed by atoms with E-state index in [4.69, 9.17) is 0 Å². The average Bonchev–Trinajstić information content (AvgIpc) is 2.92. The lowest BCUT2D eigenvalue weighted by Gasteiger charge is -2.09. The summed E-state index contributed by atoms with van der Waals surface area (Å²) in [6.45, 7) is 1.84. The number of hydrogen-bond acceptors (Lipinski definition) is 7. The number of aromatic nitrogens is 4. The molecule has 0 radical (unpaired) electrons. The highest BCUT2D eigenvalue weighted by molar-refractivity contribution is 7.99. The summed E-state index contributed by atoms with van der Waals surface area (Å²) in [7, 11) is 3.01. The fourth-order valence-electron chi connectivity index (χ4n) is 1.66. The van der Waals surface area contributed by atoms with Crippen molar-refractivity contribution in [3.05, 3.63) is 29.3 Å². The number of esters is 1. The first kappa shape index (κ1) is 16.0. The Morgan fingerprint density at radius 2 is 2.18 bits per heavy atom. The molecular weight excluding hydrogens is 306 g/mol. The molecule has 1 aromatic heterocycles. The zero-order chi connectivity index (χ0) is 16.1. The Labute approximate surface area is 131 Å². The van der Waals surface area contributed by atoms with Crippen molar-refractivity contribution in [1.82, 2.24) is 20.2 Å². The fourth-order valence-corrected chi connectivity index (χ4v) is 2.31. The van der Waals surface area contributed by atoms with Gasteiger partial charge in [0.25, 0.3) is 0 Å². The Hall–Kier alpha value is -2.42. The molecule has 0 aliphatic heterocycles. The van der Waals surface area contributed by atoms with Gasteiger partial charge in [-0.3, -0.25) is 4.79 Å². The second kappa shape index (κ2) is 7.03. The van der Waals surface area contributed by atoms with Gasteiger partial charge in [0.15, 0.2) is 0 Å². The predicted molar refractivity (Wildman–Crippen MR) is 80.7 cm³/mol. The van der Waals surface area contributed by atoms with Crippen molar-refractivity contribution in [2.45, 2.75) is 12.1 Å². The van der Waals surface area contributed by atoms with Crippen LogP contribution in [0.5, 0.6) is 0 Å². The molecule has 8 nitrogen and oxygen atoms in total. The number of amides is 1. The van der Waals surface area contributed by atoms with Crippen LogP contribution in [0.15, 0.2) is 23.4 Å². The van der Waals surface area contributed by atoms with E-state index >= 15 is 0 Å². The van der Waals surface area contributed by atoms with E-state index in [9.17, 15) is 9.59 Å². The molecule has 0 bridgehead atoms. The minimum absolute atomic E-state index is 0.163. The highest BCUT2D eigenvalue weighted by Crippen LogP contribution is 2.19. The number of rotatable bonds is 5. The smallest absolute Gasteiger partial charge is 0.337 e. The summed E-state index contributed by atoms with van der Waals surface area (Å²) in [5.41, 5.74) is 1.81. The van der Waals surface area contributed by atoms with Gasteiger partial charge in [0.05, 0.1) is 18.4 Å². The standard InChI is InChI=1S/C13H15N5O3S/c1-8-4-5-9(12(20)21-3)6-10(8)14-11(19)7-22-13-15-16-17-18(13)2/h4-6H,7H2,1-3H3,(H,14,19). The molecule has 0 aliphatic carbocycles. The van der Waals surface area contributed by atoms with E-state index in [0.717, 1.165) is 5.56 Å². The molecule has 0 fully saturated rings. The van der Waals surface area contributed by atoms with Crippen molar-refractivity contribution in [2.75, 3.05) is 18.2 Å². The zero-order valence-electron chi connectivity index (χ0n) is 12.4. The van der Waals surface area contributed by atoms with Crippen LogP contribution in [0.25, 0.3) is 0 Å². The number of nitrogens with one attached hydrogen (secondary N) is 1. The quantitative estimate of drug-likeness (QED) is 0.648. The molecule has 0 spiro atoms. The summed E-state index contributed by atoms with van der Waals surface area (Å²) in [4.78, 5) is 23.5. The first-order valence-electron chi connectivity index (χ1n) is 6.35. The largest absolute Gasteiger partial charge is 0.465 e. The number of carbonyl (C=O) groups is 2. The van der Waals surface area contributed by atoms with Gasteiger partial charge in [-0.1, -0.05) is 17.8 Å². The average molecular weight is 321 g/mol. The zero-order valence-corrected chi connectivity index (χ0v) is 13.2. The number of nitrogens with zero attached hydrogens (tertiary/aromatic N) is 4. The molecule has 1 amide bonds. The molecule has 0 atom stereocenters. The lowest BCUT2D eigenvalue weighted by Crippen LogP contribution is -2.16. The van der Waals surface area contributed by atoms with Crippen LogP contribution in [-0.4, -0.2) is 44.9 Å². The molecule has 0 unspecified atom stereocenters. The van der Waals surface area contributed by atoms with Crippen LogP contribution in [0.2, 0.25) is 0 Å². The summed E-state index contributed by atoms with van der Waals surface area (Å²) in [6.07, 6.45) is 0. The van der Waals surface area contributed by atoms with E-state index in [0.29, 0.717) is 16.4 Å². The molecule has 22 heavy (non-hydrogen) atoms. The Morgan fingerprint density at radius 3 is 2.82 bits per heavy atom. The van der Waals surface area contributed by atoms with Gasteiger partial charge in [0.1, 0.15) is 0 Å². The number of carbonyl (C=O) groups excluding carboxylic acids is 2. The van der Waals surface area contributed by atoms with Crippen molar-refractivity contribution in [3.63, 3.8) is 0 Å². The predicted octanol–water partition coefficient (Wildman–Crippen LogP) is 1.04. The lowest BCUT2D eigenvalue weighted by molar-refractivity contribution is -0.113. The first-order valence-corrected chi connectivity index (χ1v) is 7.34. The third-order valence-electron chi connectivity index (χ3n) is 2.85. The highest BCUT2D eigenvalue weighted by Gasteiger charge is 2.12. The van der Waals surface area contributed by atoms with Crippen molar-refractivity contribution in [3.8, 4) is 0 Å². The molecule has 0 saturated heterocycles. The summed E-state index contributed by atoms with van der Waals surface area (Å²) in [5.74, 6) is -0.496. The third kappa shape index (κ3) is 3.82. The second-order valence-electron chi connectivity index (χ2n) is 4.44. The summed E-state index contributed by atoms with van der Waals surface area (Å²) < 4.78 is 6.15. The van der Waals surface area contributed by atoms with Crippen molar-refractivity contribution < 1.29 is 14.3 Å². The van der Waals surface area contributed by atoms with E-state index in [-0.39, 0.29) is 11.7 Å². The molecule has 1 heterocycles. The number of tetrazole rings is 1. The van der Waals surface area contributed by atoms with Crippen LogP contribution in [0, 0.1) is 6.92 Å². The molecule has 2 rings (SSSR count). The number of benzene rings is 1. The lowest BCUT2D eigenvalue weighted by atomic mass is 10.1. The Morgan fingerprint density at radius 1 is 1.41 bits per heavy atom. The van der Waals surface area contributed by atoms with Crippen LogP contribution in [0.3, 0.4) is 0 Å². The fraction of sp³-hybridized carbons (Fsp3) is 0.308. The number of anilines is 1. The summed E-state index contributed by atoms with van der Waals surface area (Å²) in [5, 5.41) is 14.3. The highest BCUT2D eigenvalue weighted by atomic mass is 32.2. The number of methoxy groups -OCH3 is 1. The van der Waals surface area contributed by atoms with Gasteiger partial charge in [0.2, 0.25) is 11.1 Å². The molecule has 0 saturated carbocycles. The third-order valence-corrected chi connectivity index (χ3v) is 3.86. The molecule has 116 valence electrons.